The van der Waals surface area contributed by atoms with E-state index < -0.39 is 78.8 Å². The second-order valence-electron chi connectivity index (χ2n) is 12.0. The average Bonchev–Trinajstić information content (AvgIpc) is 3.58. The van der Waals surface area contributed by atoms with E-state index in [1.54, 1.807) is 18.2 Å². The predicted octanol–water partition coefficient (Wildman–Crippen LogP) is -0.446. The number of hydrogen-bond donors (Lipinski definition) is 8. The Hall–Kier alpha value is -4.77. The molecule has 28 nitrogen and oxygen atoms in total. The van der Waals surface area contributed by atoms with Crippen LogP contribution in [0, 0.1) is 11.8 Å². The van der Waals surface area contributed by atoms with Crippen molar-refractivity contribution >= 4 is 47.0 Å². The van der Waals surface area contributed by atoms with Gasteiger partial charge in [-0.1, -0.05) is 23.0 Å². The minimum atomic E-state index is -5.76. The van der Waals surface area contributed by atoms with Crippen LogP contribution in [0.4, 0.5) is 5.82 Å². The summed E-state index contributed by atoms with van der Waals surface area (Å²) in [6, 6.07) is 6.20. The Labute approximate surface area is 345 Å². The van der Waals surface area contributed by atoms with Crippen molar-refractivity contribution in [2.75, 3.05) is 65.5 Å². The van der Waals surface area contributed by atoms with E-state index in [0.29, 0.717) is 11.3 Å². The summed E-state index contributed by atoms with van der Waals surface area (Å²) in [5.41, 5.74) is 14.2. The standard InChI is InChI=1S/C30H42N9O19P3/c1-19(40)33-9-10-35-29(42)20-5-3-7-22(13-20)54-18-26(37-38-32)53-12-11-52-17-25(41)34-8-4-6-21-15-39(30(43)36-28(21)31)27-14-23(51-2)24(56-27)16-55-60(47,48)58-61(49,50)57-59(44,45)46/h3,5,7,13,15,23-24,26-27H,8-12,14,16-18H2,1-2H3,(H,33,40)(H,34,41)(H,35,42)(H,47,48)(H,49,50)(H2,31,36,43)(H2,44,45,46)/t23-,24?,26?,27?/m0/s1. The number of hydrogen-bond acceptors (Lipinski definition) is 18. The van der Waals surface area contributed by atoms with E-state index >= 15 is 0 Å². The first kappa shape index (κ1) is 50.6. The van der Waals surface area contributed by atoms with E-state index in [-0.39, 0.29) is 63.2 Å². The van der Waals surface area contributed by atoms with Gasteiger partial charge in [-0.25, -0.2) is 18.5 Å². The van der Waals surface area contributed by atoms with Crippen molar-refractivity contribution in [2.24, 2.45) is 5.11 Å². The molecule has 2 heterocycles. The fourth-order valence-corrected chi connectivity index (χ4v) is 7.88. The van der Waals surface area contributed by atoms with Crippen LogP contribution in [0.3, 0.4) is 0 Å². The summed E-state index contributed by atoms with van der Waals surface area (Å²) in [4.78, 5) is 91.1. The third-order valence-electron chi connectivity index (χ3n) is 7.41. The number of ether oxygens (including phenoxy) is 5. The smallest absolute Gasteiger partial charge is 0.490 e. The fourth-order valence-electron chi connectivity index (χ4n) is 4.85. The first-order chi connectivity index (χ1) is 28.7. The van der Waals surface area contributed by atoms with E-state index in [1.807, 2.05) is 0 Å². The molecule has 2 aromatic rings. The van der Waals surface area contributed by atoms with Crippen LogP contribution in [0.5, 0.6) is 5.75 Å². The molecule has 0 saturated carbocycles. The van der Waals surface area contributed by atoms with Crippen molar-refractivity contribution in [3.63, 3.8) is 0 Å². The number of azide groups is 1. The van der Waals surface area contributed by atoms with Gasteiger partial charge in [0.05, 0.1) is 38.0 Å². The molecule has 0 bridgehead atoms. The van der Waals surface area contributed by atoms with E-state index in [4.69, 9.17) is 44.7 Å². The molecule has 3 rings (SSSR count). The lowest BCUT2D eigenvalue weighted by molar-refractivity contribution is -0.126. The summed E-state index contributed by atoms with van der Waals surface area (Å²) in [7, 11) is -15.6. The van der Waals surface area contributed by atoms with Crippen LogP contribution < -0.4 is 32.1 Å². The van der Waals surface area contributed by atoms with Gasteiger partial charge in [0.1, 0.15) is 37.1 Å². The quantitative estimate of drug-likeness (QED) is 0.0165. The van der Waals surface area contributed by atoms with Gasteiger partial charge in [0, 0.05) is 50.2 Å². The number of nitrogens with zero attached hydrogens (tertiary/aromatic N) is 5. The zero-order valence-electron chi connectivity index (χ0n) is 32.1. The average molecular weight is 926 g/mol. The molecule has 1 aromatic carbocycles. The van der Waals surface area contributed by atoms with E-state index in [1.165, 1.54) is 26.3 Å². The van der Waals surface area contributed by atoms with Crippen LogP contribution in [-0.2, 0) is 55.4 Å². The first-order valence-electron chi connectivity index (χ1n) is 17.3. The van der Waals surface area contributed by atoms with E-state index in [9.17, 15) is 42.7 Å². The minimum absolute atomic E-state index is 0.0449. The summed E-state index contributed by atoms with van der Waals surface area (Å²) >= 11 is 0. The topological polar surface area (TPSA) is 403 Å². The number of carbonyl (C=O) groups is 3. The van der Waals surface area contributed by atoms with Crippen LogP contribution in [0.1, 0.15) is 35.5 Å². The molecule has 3 amide bonds. The molecule has 1 saturated heterocycles. The highest BCUT2D eigenvalue weighted by atomic mass is 31.3. The van der Waals surface area contributed by atoms with Crippen LogP contribution in [0.2, 0.25) is 0 Å². The molecule has 1 aliphatic rings. The third kappa shape index (κ3) is 18.8. The number of phosphoric ester groups is 1. The maximum Gasteiger partial charge on any atom is 0.490 e. The second-order valence-corrected chi connectivity index (χ2v) is 16.4. The Morgan fingerprint density at radius 3 is 2.54 bits per heavy atom. The van der Waals surface area contributed by atoms with Crippen LogP contribution >= 0.6 is 23.5 Å². The van der Waals surface area contributed by atoms with Gasteiger partial charge in [0.25, 0.3) is 5.91 Å². The Morgan fingerprint density at radius 2 is 1.85 bits per heavy atom. The number of methoxy groups -OCH3 is 1. The number of rotatable bonds is 24. The van der Waals surface area contributed by atoms with Gasteiger partial charge in [0.2, 0.25) is 11.8 Å². The number of amides is 3. The molecule has 5 unspecified atom stereocenters. The second kappa shape index (κ2) is 24.0. The van der Waals surface area contributed by atoms with Gasteiger partial charge < -0.3 is 64.9 Å². The lowest BCUT2D eigenvalue weighted by Gasteiger charge is -2.20. The van der Waals surface area contributed by atoms with Crippen molar-refractivity contribution in [2.45, 2.75) is 38.0 Å². The number of nitrogens with two attached hydrogens (primary N) is 1. The van der Waals surface area contributed by atoms with Crippen molar-refractivity contribution in [3.05, 3.63) is 62.5 Å². The lowest BCUT2D eigenvalue weighted by Crippen LogP contribution is -2.33. The zero-order chi connectivity index (χ0) is 45.2. The molecule has 1 fully saturated rings. The molecular weight excluding hydrogens is 883 g/mol. The van der Waals surface area contributed by atoms with Gasteiger partial charge in [-0.15, -0.1) is 0 Å². The normalized spacial score (nSPS) is 18.6. The molecule has 1 aromatic heterocycles. The number of carbonyl (C=O) groups excluding carboxylic acids is 3. The summed E-state index contributed by atoms with van der Waals surface area (Å²) in [6.45, 7) is 0.0239. The van der Waals surface area contributed by atoms with Crippen molar-refractivity contribution in [1.29, 1.82) is 0 Å². The summed E-state index contributed by atoms with van der Waals surface area (Å²) in [5, 5.41) is 11.2. The molecule has 9 N–H and O–H groups in total. The number of nitrogens with one attached hydrogen (secondary N) is 3. The Kier molecular flexibility index (Phi) is 19.9. The maximum atomic E-state index is 12.7. The number of phosphoric acid groups is 3. The fraction of sp³-hybridized carbons (Fsp3) is 0.500. The summed E-state index contributed by atoms with van der Waals surface area (Å²) in [6.07, 6.45) is -3.15. The Bertz CT molecular complexity index is 2170. The Balaban J connectivity index is 1.44. The van der Waals surface area contributed by atoms with Crippen molar-refractivity contribution < 1.29 is 84.5 Å². The van der Waals surface area contributed by atoms with Crippen LogP contribution in [-0.4, -0.2) is 125 Å². The minimum Gasteiger partial charge on any atom is -0.491 e. The Morgan fingerprint density at radius 1 is 1.11 bits per heavy atom. The lowest BCUT2D eigenvalue weighted by atomic mass is 10.2. The van der Waals surface area contributed by atoms with Gasteiger partial charge in [0.15, 0.2) is 6.23 Å². The highest BCUT2D eigenvalue weighted by Gasteiger charge is 2.43. The number of aromatic nitrogens is 2. The number of benzene rings is 1. The molecule has 61 heavy (non-hydrogen) atoms. The predicted molar refractivity (Wildman–Crippen MR) is 205 cm³/mol. The van der Waals surface area contributed by atoms with Gasteiger partial charge in [-0.2, -0.15) is 13.6 Å². The molecule has 6 atom stereocenters. The van der Waals surface area contributed by atoms with Gasteiger partial charge in [-0.3, -0.25) is 23.5 Å². The van der Waals surface area contributed by atoms with Gasteiger partial charge >= 0.3 is 29.2 Å². The van der Waals surface area contributed by atoms with Crippen molar-refractivity contribution in [3.8, 4) is 17.6 Å². The highest BCUT2D eigenvalue weighted by molar-refractivity contribution is 7.66. The van der Waals surface area contributed by atoms with Gasteiger partial charge in [-0.05, 0) is 23.7 Å². The molecular formula is C30H42N9O19P3. The van der Waals surface area contributed by atoms with Crippen molar-refractivity contribution in [1.82, 2.24) is 25.5 Å². The van der Waals surface area contributed by atoms with Crippen LogP contribution in [0.25, 0.3) is 10.4 Å². The summed E-state index contributed by atoms with van der Waals surface area (Å²) < 4.78 is 74.9. The SMILES string of the molecule is CO[C@H]1CC(n2cc(C#CCNC(=O)COCCOC(COc3cccc(C(=O)NCCNC(C)=O)c3)N=[N+]=[N-])c(N)nc2=O)OC1COP(=O)(O)OP(=O)(O)OP(=O)(O)O. The molecule has 336 valence electrons. The largest absolute Gasteiger partial charge is 0.491 e. The third-order valence-corrected chi connectivity index (χ3v) is 11.2. The highest BCUT2D eigenvalue weighted by Crippen LogP contribution is 2.66. The van der Waals surface area contributed by atoms with E-state index in [0.717, 1.165) is 4.57 Å². The van der Waals surface area contributed by atoms with Crippen LogP contribution in [0.15, 0.2) is 40.4 Å². The molecule has 1 aliphatic heterocycles. The maximum absolute atomic E-state index is 12.7. The molecule has 31 heteroatoms. The summed E-state index contributed by atoms with van der Waals surface area (Å²) in [5.74, 6) is 4.15. The molecule has 0 radical (unpaired) electrons. The zero-order valence-corrected chi connectivity index (χ0v) is 34.8. The number of nitrogen functional groups attached to an aromatic ring is 1. The molecule has 0 spiro atoms. The van der Waals surface area contributed by atoms with E-state index in [2.05, 4.69) is 55.9 Å². The molecule has 0 aliphatic carbocycles. The number of anilines is 1. The monoisotopic (exact) mass is 925 g/mol. The first-order valence-corrected chi connectivity index (χ1v) is 21.8.